The molecule has 0 saturated heterocycles. The molecule has 94 valence electrons. The lowest BCUT2D eigenvalue weighted by atomic mass is 10.1. The highest BCUT2D eigenvalue weighted by molar-refractivity contribution is 5.46. The van der Waals surface area contributed by atoms with E-state index >= 15 is 0 Å². The third kappa shape index (κ3) is 3.19. The smallest absolute Gasteiger partial charge is 0.131 e. The minimum absolute atomic E-state index is 0.186. The molecule has 0 spiro atoms. The van der Waals surface area contributed by atoms with Gasteiger partial charge in [0.05, 0.1) is 0 Å². The molecule has 0 radical (unpaired) electrons. The molecular formula is C14H23N3. The van der Waals surface area contributed by atoms with Gasteiger partial charge in [-0.2, -0.15) is 0 Å². The minimum atomic E-state index is 0.186. The van der Waals surface area contributed by atoms with Crippen molar-refractivity contribution in [2.45, 2.75) is 32.7 Å². The third-order valence-electron chi connectivity index (χ3n) is 3.56. The summed E-state index contributed by atoms with van der Waals surface area (Å²) in [4.78, 5) is 6.79. The van der Waals surface area contributed by atoms with E-state index in [0.717, 1.165) is 30.6 Å². The molecule has 0 amide bonds. The predicted octanol–water partition coefficient (Wildman–Crippen LogP) is 2.06. The molecule has 1 fully saturated rings. The topological polar surface area (TPSA) is 42.1 Å². The summed E-state index contributed by atoms with van der Waals surface area (Å²) in [5.41, 5.74) is 7.15. The summed E-state index contributed by atoms with van der Waals surface area (Å²) in [5, 5.41) is 0. The van der Waals surface area contributed by atoms with E-state index in [4.69, 9.17) is 5.73 Å². The lowest BCUT2D eigenvalue weighted by Crippen LogP contribution is -2.25. The van der Waals surface area contributed by atoms with Gasteiger partial charge < -0.3 is 10.6 Å². The molecule has 1 saturated carbocycles. The molecule has 3 nitrogen and oxygen atoms in total. The van der Waals surface area contributed by atoms with Crippen LogP contribution in [0.3, 0.4) is 0 Å². The Morgan fingerprint density at radius 3 is 2.88 bits per heavy atom. The summed E-state index contributed by atoms with van der Waals surface area (Å²) in [5.74, 6) is 2.84. The highest BCUT2D eigenvalue weighted by atomic mass is 15.2. The quantitative estimate of drug-likeness (QED) is 0.846. The first-order chi connectivity index (χ1) is 8.08. The van der Waals surface area contributed by atoms with Crippen molar-refractivity contribution in [3.8, 4) is 0 Å². The van der Waals surface area contributed by atoms with E-state index < -0.39 is 0 Å². The first-order valence-corrected chi connectivity index (χ1v) is 6.48. The predicted molar refractivity (Wildman–Crippen MR) is 72.1 cm³/mol. The lowest BCUT2D eigenvalue weighted by molar-refractivity contribution is 0.702. The molecule has 1 heterocycles. The van der Waals surface area contributed by atoms with E-state index in [1.807, 2.05) is 19.2 Å². The average molecular weight is 233 g/mol. The fourth-order valence-electron chi connectivity index (χ4n) is 2.37. The highest BCUT2D eigenvalue weighted by Crippen LogP contribution is 2.38. The molecule has 0 aliphatic heterocycles. The normalized spacial score (nSPS) is 24.5. The van der Waals surface area contributed by atoms with Gasteiger partial charge in [0.2, 0.25) is 0 Å². The zero-order chi connectivity index (χ0) is 12.4. The maximum Gasteiger partial charge on any atom is 0.131 e. The van der Waals surface area contributed by atoms with Crippen LogP contribution >= 0.6 is 0 Å². The second-order valence-electron chi connectivity index (χ2n) is 5.52. The molecule has 0 aromatic carbocycles. The number of aromatic nitrogens is 1. The number of hydrogen-bond acceptors (Lipinski definition) is 3. The molecule has 3 heteroatoms. The van der Waals surface area contributed by atoms with Crippen LogP contribution in [0.5, 0.6) is 0 Å². The van der Waals surface area contributed by atoms with Gasteiger partial charge in [-0.15, -0.1) is 0 Å². The van der Waals surface area contributed by atoms with Crippen molar-refractivity contribution >= 4 is 5.82 Å². The van der Waals surface area contributed by atoms with Crippen LogP contribution in [0.25, 0.3) is 0 Å². The monoisotopic (exact) mass is 233 g/mol. The molecule has 3 atom stereocenters. The van der Waals surface area contributed by atoms with Crippen LogP contribution in [0.4, 0.5) is 5.82 Å². The van der Waals surface area contributed by atoms with E-state index in [0.29, 0.717) is 0 Å². The van der Waals surface area contributed by atoms with Crippen LogP contribution < -0.4 is 10.6 Å². The van der Waals surface area contributed by atoms with E-state index in [9.17, 15) is 0 Å². The van der Waals surface area contributed by atoms with Gasteiger partial charge in [-0.3, -0.25) is 0 Å². The van der Waals surface area contributed by atoms with Crippen LogP contribution in [0.15, 0.2) is 18.3 Å². The van der Waals surface area contributed by atoms with Crippen molar-refractivity contribution in [1.82, 2.24) is 4.98 Å². The van der Waals surface area contributed by atoms with Crippen molar-refractivity contribution in [1.29, 1.82) is 0 Å². The molecule has 2 N–H and O–H groups in total. The van der Waals surface area contributed by atoms with Gasteiger partial charge in [-0.1, -0.05) is 13.0 Å². The fourth-order valence-corrected chi connectivity index (χ4v) is 2.37. The minimum Gasteiger partial charge on any atom is -0.359 e. The molecule has 1 aliphatic rings. The van der Waals surface area contributed by atoms with Gasteiger partial charge in [-0.25, -0.2) is 4.98 Å². The number of nitrogens with zero attached hydrogens (tertiary/aromatic N) is 2. The van der Waals surface area contributed by atoms with E-state index in [1.165, 1.54) is 12.0 Å². The van der Waals surface area contributed by atoms with Gasteiger partial charge >= 0.3 is 0 Å². The molecule has 1 aromatic rings. The second-order valence-corrected chi connectivity index (χ2v) is 5.52. The second kappa shape index (κ2) is 5.05. The Hall–Kier alpha value is -1.09. The Morgan fingerprint density at radius 2 is 2.29 bits per heavy atom. The van der Waals surface area contributed by atoms with E-state index in [1.54, 1.807) is 0 Å². The maximum absolute atomic E-state index is 5.88. The maximum atomic E-state index is 5.88. The molecule has 2 rings (SSSR count). The molecular weight excluding hydrogens is 210 g/mol. The SMILES string of the molecule is CC(N)Cc1cccnc1N(C)CC1CC1C. The van der Waals surface area contributed by atoms with Crippen LogP contribution in [-0.2, 0) is 6.42 Å². The van der Waals surface area contributed by atoms with Crippen molar-refractivity contribution in [2.24, 2.45) is 17.6 Å². The summed E-state index contributed by atoms with van der Waals surface area (Å²) in [6.45, 7) is 5.48. The van der Waals surface area contributed by atoms with Gasteiger partial charge in [-0.05, 0) is 43.2 Å². The molecule has 1 aliphatic carbocycles. The number of rotatable bonds is 5. The summed E-state index contributed by atoms with van der Waals surface area (Å²) in [7, 11) is 2.14. The van der Waals surface area contributed by atoms with Crippen molar-refractivity contribution in [3.05, 3.63) is 23.9 Å². The summed E-state index contributed by atoms with van der Waals surface area (Å²) < 4.78 is 0. The molecule has 0 bridgehead atoms. The fraction of sp³-hybridized carbons (Fsp3) is 0.643. The van der Waals surface area contributed by atoms with Crippen LogP contribution in [-0.4, -0.2) is 24.6 Å². The summed E-state index contributed by atoms with van der Waals surface area (Å²) >= 11 is 0. The lowest BCUT2D eigenvalue weighted by Gasteiger charge is -2.21. The molecule has 3 unspecified atom stereocenters. The first-order valence-electron chi connectivity index (χ1n) is 6.48. The van der Waals surface area contributed by atoms with Gasteiger partial charge in [0.1, 0.15) is 5.82 Å². The van der Waals surface area contributed by atoms with Crippen molar-refractivity contribution in [2.75, 3.05) is 18.5 Å². The molecule has 17 heavy (non-hydrogen) atoms. The summed E-state index contributed by atoms with van der Waals surface area (Å²) in [6.07, 6.45) is 4.13. The third-order valence-corrected chi connectivity index (χ3v) is 3.56. The Labute approximate surface area is 104 Å². The van der Waals surface area contributed by atoms with E-state index in [2.05, 4.69) is 29.9 Å². The Kier molecular flexibility index (Phi) is 3.67. The highest BCUT2D eigenvalue weighted by Gasteiger charge is 2.33. The van der Waals surface area contributed by atoms with Crippen molar-refractivity contribution < 1.29 is 0 Å². The zero-order valence-electron chi connectivity index (χ0n) is 11.1. The van der Waals surface area contributed by atoms with Crippen LogP contribution in [0.1, 0.15) is 25.8 Å². The number of pyridine rings is 1. The Bertz CT molecular complexity index is 375. The van der Waals surface area contributed by atoms with Gasteiger partial charge in [0.25, 0.3) is 0 Å². The largest absolute Gasteiger partial charge is 0.359 e. The number of nitrogens with two attached hydrogens (primary N) is 1. The number of hydrogen-bond donors (Lipinski definition) is 1. The van der Waals surface area contributed by atoms with Crippen LogP contribution in [0.2, 0.25) is 0 Å². The van der Waals surface area contributed by atoms with Crippen LogP contribution in [0, 0.1) is 11.8 Å². The van der Waals surface area contributed by atoms with Gasteiger partial charge in [0.15, 0.2) is 0 Å². The molecule has 1 aromatic heterocycles. The standard InChI is InChI=1S/C14H23N3/c1-10-7-13(10)9-17(3)14-12(8-11(2)15)5-4-6-16-14/h4-6,10-11,13H,7-9,15H2,1-3H3. The van der Waals surface area contributed by atoms with Gasteiger partial charge in [0, 0.05) is 25.8 Å². The Balaban J connectivity index is 2.07. The first kappa shape index (κ1) is 12.4. The number of anilines is 1. The average Bonchev–Trinajstić information content (AvgIpc) is 2.94. The summed E-state index contributed by atoms with van der Waals surface area (Å²) in [6, 6.07) is 4.32. The van der Waals surface area contributed by atoms with Crippen molar-refractivity contribution in [3.63, 3.8) is 0 Å². The van der Waals surface area contributed by atoms with E-state index in [-0.39, 0.29) is 6.04 Å². The zero-order valence-corrected chi connectivity index (χ0v) is 11.1. The Morgan fingerprint density at radius 1 is 1.59 bits per heavy atom.